The number of carbonyl (C=O) groups excluding carboxylic acids is 1. The highest BCUT2D eigenvalue weighted by atomic mass is 16.1. The lowest BCUT2D eigenvalue weighted by molar-refractivity contribution is -0.122. The number of carbonyl (C=O) groups is 1. The lowest BCUT2D eigenvalue weighted by atomic mass is 10.1. The minimum atomic E-state index is 0.236. The zero-order valence-electron chi connectivity index (χ0n) is 9.59. The van der Waals surface area contributed by atoms with E-state index >= 15 is 0 Å². The summed E-state index contributed by atoms with van der Waals surface area (Å²) in [5.74, 6) is 1.85. The minimum Gasteiger partial charge on any atom is -0.353 e. The molecule has 0 radical (unpaired) electrons. The maximum Gasteiger partial charge on any atom is 0.221 e. The Kier molecular flexibility index (Phi) is 3.62. The third-order valence-electron chi connectivity index (χ3n) is 3.37. The number of hydrogen-bond acceptors (Lipinski definition) is 2. The van der Waals surface area contributed by atoms with Gasteiger partial charge in [0.05, 0.1) is 0 Å². The summed E-state index contributed by atoms with van der Waals surface area (Å²) in [6.45, 7) is 3.82. The lowest BCUT2D eigenvalue weighted by Crippen LogP contribution is -2.39. The van der Waals surface area contributed by atoms with Gasteiger partial charge in [-0.1, -0.05) is 6.92 Å². The van der Waals surface area contributed by atoms with E-state index in [1.165, 1.54) is 25.7 Å². The number of amides is 1. The third-order valence-corrected chi connectivity index (χ3v) is 3.37. The molecule has 0 saturated heterocycles. The van der Waals surface area contributed by atoms with Gasteiger partial charge in [0.15, 0.2) is 0 Å². The molecule has 2 aliphatic rings. The Bertz CT molecular complexity index is 210. The van der Waals surface area contributed by atoms with Gasteiger partial charge in [-0.3, -0.25) is 4.79 Å². The van der Waals surface area contributed by atoms with Crippen LogP contribution in [-0.2, 0) is 4.79 Å². The van der Waals surface area contributed by atoms with Gasteiger partial charge in [-0.15, -0.1) is 0 Å². The van der Waals surface area contributed by atoms with Gasteiger partial charge in [-0.25, -0.2) is 0 Å². The molecule has 0 aliphatic heterocycles. The first kappa shape index (κ1) is 10.9. The van der Waals surface area contributed by atoms with E-state index in [1.54, 1.807) is 0 Å². The standard InChI is InChI=1S/C12H22N2O/c1-2-13-8-7-11(15)14-12(9-3-4-9)10-5-6-10/h9-10,12-13H,2-8H2,1H3,(H,14,15). The summed E-state index contributed by atoms with van der Waals surface area (Å²) < 4.78 is 0. The van der Waals surface area contributed by atoms with Crippen LogP contribution < -0.4 is 10.6 Å². The Morgan fingerprint density at radius 1 is 1.27 bits per heavy atom. The quantitative estimate of drug-likeness (QED) is 0.622. The van der Waals surface area contributed by atoms with Gasteiger partial charge < -0.3 is 10.6 Å². The van der Waals surface area contributed by atoms with Crippen molar-refractivity contribution in [3.63, 3.8) is 0 Å². The van der Waals surface area contributed by atoms with Gasteiger partial charge in [0.1, 0.15) is 0 Å². The molecule has 1 amide bonds. The molecule has 0 bridgehead atoms. The average molecular weight is 210 g/mol. The molecule has 0 heterocycles. The molecule has 3 nitrogen and oxygen atoms in total. The molecule has 0 spiro atoms. The van der Waals surface area contributed by atoms with Crippen LogP contribution in [0.2, 0.25) is 0 Å². The summed E-state index contributed by atoms with van der Waals surface area (Å²) in [5, 5.41) is 6.40. The smallest absolute Gasteiger partial charge is 0.221 e. The Hall–Kier alpha value is -0.570. The zero-order chi connectivity index (χ0) is 10.7. The second kappa shape index (κ2) is 4.97. The van der Waals surface area contributed by atoms with Gasteiger partial charge in [-0.2, -0.15) is 0 Å². The van der Waals surface area contributed by atoms with Crippen LogP contribution in [-0.4, -0.2) is 25.0 Å². The largest absolute Gasteiger partial charge is 0.353 e. The Morgan fingerprint density at radius 3 is 2.33 bits per heavy atom. The van der Waals surface area contributed by atoms with E-state index in [4.69, 9.17) is 0 Å². The minimum absolute atomic E-state index is 0.236. The van der Waals surface area contributed by atoms with E-state index in [9.17, 15) is 4.79 Å². The second-order valence-electron chi connectivity index (χ2n) is 4.87. The summed E-state index contributed by atoms with van der Waals surface area (Å²) in [6.07, 6.45) is 5.94. The van der Waals surface area contributed by atoms with Crippen LogP contribution in [0.5, 0.6) is 0 Å². The van der Waals surface area contributed by atoms with Gasteiger partial charge in [0.25, 0.3) is 0 Å². The van der Waals surface area contributed by atoms with Crippen molar-refractivity contribution < 1.29 is 4.79 Å². The molecule has 86 valence electrons. The monoisotopic (exact) mass is 210 g/mol. The fourth-order valence-electron chi connectivity index (χ4n) is 2.17. The Labute approximate surface area is 92.0 Å². The van der Waals surface area contributed by atoms with Gasteiger partial charge in [-0.05, 0) is 44.1 Å². The van der Waals surface area contributed by atoms with Crippen LogP contribution >= 0.6 is 0 Å². The Balaban J connectivity index is 1.66. The summed E-state index contributed by atoms with van der Waals surface area (Å²) in [6, 6.07) is 0.513. The first-order chi connectivity index (χ1) is 7.31. The van der Waals surface area contributed by atoms with Crippen molar-refractivity contribution in [1.82, 2.24) is 10.6 Å². The summed E-state index contributed by atoms with van der Waals surface area (Å²) in [7, 11) is 0. The van der Waals surface area contributed by atoms with Crippen LogP contribution in [0.3, 0.4) is 0 Å². The lowest BCUT2D eigenvalue weighted by Gasteiger charge is -2.17. The van der Waals surface area contributed by atoms with Crippen LogP contribution in [0.4, 0.5) is 0 Å². The topological polar surface area (TPSA) is 41.1 Å². The van der Waals surface area contributed by atoms with Crippen LogP contribution in [0.15, 0.2) is 0 Å². The summed E-state index contributed by atoms with van der Waals surface area (Å²) in [4.78, 5) is 11.6. The normalized spacial score (nSPS) is 20.7. The fourth-order valence-corrected chi connectivity index (χ4v) is 2.17. The molecule has 2 rings (SSSR count). The van der Waals surface area contributed by atoms with Crippen LogP contribution in [0, 0.1) is 11.8 Å². The van der Waals surface area contributed by atoms with Gasteiger partial charge >= 0.3 is 0 Å². The molecule has 2 saturated carbocycles. The number of rotatable bonds is 7. The molecule has 0 aromatic rings. The third kappa shape index (κ3) is 3.49. The number of hydrogen-bond donors (Lipinski definition) is 2. The molecule has 15 heavy (non-hydrogen) atoms. The molecule has 3 heteroatoms. The highest BCUT2D eigenvalue weighted by molar-refractivity contribution is 5.76. The molecule has 2 aliphatic carbocycles. The average Bonchev–Trinajstić information content (AvgIpc) is 3.05. The van der Waals surface area contributed by atoms with Crippen LogP contribution in [0.1, 0.15) is 39.0 Å². The SMILES string of the molecule is CCNCCC(=O)NC(C1CC1)C1CC1. The molecule has 0 aromatic carbocycles. The van der Waals surface area contributed by atoms with Crippen molar-refractivity contribution in [1.29, 1.82) is 0 Å². The molecule has 2 N–H and O–H groups in total. The van der Waals surface area contributed by atoms with Gasteiger partial charge in [0.2, 0.25) is 5.91 Å². The fraction of sp³-hybridized carbons (Fsp3) is 0.917. The molecule has 2 fully saturated rings. The molecule has 0 atom stereocenters. The molecular formula is C12H22N2O. The van der Waals surface area contributed by atoms with Crippen molar-refractivity contribution in [2.45, 2.75) is 45.1 Å². The summed E-state index contributed by atoms with van der Waals surface area (Å²) >= 11 is 0. The highest BCUT2D eigenvalue weighted by Gasteiger charge is 2.41. The first-order valence-corrected chi connectivity index (χ1v) is 6.31. The van der Waals surface area contributed by atoms with Gasteiger partial charge in [0, 0.05) is 19.0 Å². The van der Waals surface area contributed by atoms with Crippen molar-refractivity contribution in [2.24, 2.45) is 11.8 Å². The Morgan fingerprint density at radius 2 is 1.87 bits per heavy atom. The van der Waals surface area contributed by atoms with Crippen molar-refractivity contribution in [3.05, 3.63) is 0 Å². The second-order valence-corrected chi connectivity index (χ2v) is 4.87. The maximum absolute atomic E-state index is 11.6. The van der Waals surface area contributed by atoms with E-state index in [1.807, 2.05) is 0 Å². The van der Waals surface area contributed by atoms with Crippen molar-refractivity contribution >= 4 is 5.91 Å². The number of nitrogens with one attached hydrogen (secondary N) is 2. The summed E-state index contributed by atoms with van der Waals surface area (Å²) in [5.41, 5.74) is 0. The van der Waals surface area contributed by atoms with Crippen LogP contribution in [0.25, 0.3) is 0 Å². The predicted molar refractivity (Wildman–Crippen MR) is 60.5 cm³/mol. The first-order valence-electron chi connectivity index (χ1n) is 6.31. The molecular weight excluding hydrogens is 188 g/mol. The molecule has 0 unspecified atom stereocenters. The van der Waals surface area contributed by atoms with E-state index in [-0.39, 0.29) is 5.91 Å². The highest BCUT2D eigenvalue weighted by Crippen LogP contribution is 2.44. The molecule has 0 aromatic heterocycles. The zero-order valence-corrected chi connectivity index (χ0v) is 9.59. The maximum atomic E-state index is 11.6. The van der Waals surface area contributed by atoms with E-state index in [2.05, 4.69) is 17.6 Å². The predicted octanol–water partition coefficient (Wildman–Crippen LogP) is 1.29. The van der Waals surface area contributed by atoms with E-state index in [0.29, 0.717) is 12.5 Å². The van der Waals surface area contributed by atoms with Crippen molar-refractivity contribution in [3.8, 4) is 0 Å². The van der Waals surface area contributed by atoms with Crippen molar-refractivity contribution in [2.75, 3.05) is 13.1 Å². The van der Waals surface area contributed by atoms with E-state index in [0.717, 1.165) is 24.9 Å². The van der Waals surface area contributed by atoms with E-state index < -0.39 is 0 Å².